The van der Waals surface area contributed by atoms with Crippen molar-refractivity contribution in [3.8, 4) is 0 Å². The third kappa shape index (κ3) is 3.67. The van der Waals surface area contributed by atoms with Crippen LogP contribution in [0.3, 0.4) is 0 Å². The van der Waals surface area contributed by atoms with Crippen LogP contribution in [0.5, 0.6) is 0 Å². The first-order chi connectivity index (χ1) is 9.61. The Morgan fingerprint density at radius 2 is 2.15 bits per heavy atom. The molecule has 1 heterocycles. The zero-order valence-electron chi connectivity index (χ0n) is 11.0. The number of rotatable bonds is 6. The zero-order chi connectivity index (χ0) is 14.5. The van der Waals surface area contributed by atoms with Gasteiger partial charge in [-0.2, -0.15) is 0 Å². The summed E-state index contributed by atoms with van der Waals surface area (Å²) in [6, 6.07) is 3.03. The van der Waals surface area contributed by atoms with E-state index in [9.17, 15) is 9.59 Å². The maximum atomic E-state index is 12.0. The van der Waals surface area contributed by atoms with E-state index in [1.807, 2.05) is 0 Å². The molecule has 2 rings (SSSR count). The second-order valence-electron chi connectivity index (χ2n) is 4.66. The number of pyridine rings is 1. The van der Waals surface area contributed by atoms with Crippen LogP contribution in [0.2, 0.25) is 0 Å². The Kier molecular flexibility index (Phi) is 4.52. The molecule has 0 atom stereocenters. The van der Waals surface area contributed by atoms with Gasteiger partial charge in [0.1, 0.15) is 5.69 Å². The van der Waals surface area contributed by atoms with Gasteiger partial charge in [0.05, 0.1) is 6.61 Å². The van der Waals surface area contributed by atoms with Crippen molar-refractivity contribution in [1.29, 1.82) is 0 Å². The van der Waals surface area contributed by atoms with Gasteiger partial charge in [0.2, 0.25) is 0 Å². The molecule has 1 aliphatic rings. The second kappa shape index (κ2) is 6.33. The molecule has 1 aromatic heterocycles. The molecule has 2 amide bonds. The van der Waals surface area contributed by atoms with Crippen LogP contribution >= 0.6 is 0 Å². The summed E-state index contributed by atoms with van der Waals surface area (Å²) >= 11 is 0. The Morgan fingerprint density at radius 1 is 1.40 bits per heavy atom. The van der Waals surface area contributed by atoms with Gasteiger partial charge in [-0.25, -0.2) is 14.6 Å². The minimum atomic E-state index is -1.08. The van der Waals surface area contributed by atoms with Crippen LogP contribution in [0.1, 0.15) is 28.9 Å². The summed E-state index contributed by atoms with van der Waals surface area (Å²) in [7, 11) is 0. The Labute approximate surface area is 116 Å². The van der Waals surface area contributed by atoms with E-state index in [2.05, 4.69) is 10.3 Å². The molecule has 0 saturated heterocycles. The zero-order valence-corrected chi connectivity index (χ0v) is 11.0. The summed E-state index contributed by atoms with van der Waals surface area (Å²) in [5.41, 5.74) is 0.697. The second-order valence-corrected chi connectivity index (χ2v) is 4.66. The lowest BCUT2D eigenvalue weighted by Gasteiger charge is -2.21. The number of nitrogens with zero attached hydrogens (tertiary/aromatic N) is 2. The van der Waals surface area contributed by atoms with Crippen LogP contribution in [-0.2, 0) is 6.54 Å². The average Bonchev–Trinajstić information content (AvgIpc) is 3.27. The molecule has 20 heavy (non-hydrogen) atoms. The van der Waals surface area contributed by atoms with Gasteiger partial charge < -0.3 is 20.4 Å². The minimum absolute atomic E-state index is 0.0278. The summed E-state index contributed by atoms with van der Waals surface area (Å²) in [5, 5.41) is 20.4. The number of hydrogen-bond donors (Lipinski definition) is 3. The van der Waals surface area contributed by atoms with Crippen molar-refractivity contribution in [2.24, 2.45) is 0 Å². The molecule has 0 aliphatic heterocycles. The quantitative estimate of drug-likeness (QED) is 0.701. The molecular formula is C13H17N3O4. The molecule has 0 aromatic carbocycles. The van der Waals surface area contributed by atoms with Crippen molar-refractivity contribution < 1.29 is 19.8 Å². The highest BCUT2D eigenvalue weighted by Gasteiger charge is 2.31. The van der Waals surface area contributed by atoms with E-state index in [0.717, 1.165) is 18.4 Å². The normalized spacial score (nSPS) is 13.8. The molecule has 3 N–H and O–H groups in total. The fourth-order valence-electron chi connectivity index (χ4n) is 1.88. The molecule has 0 radical (unpaired) electrons. The lowest BCUT2D eigenvalue weighted by atomic mass is 10.2. The molecule has 1 saturated carbocycles. The van der Waals surface area contributed by atoms with E-state index in [-0.39, 0.29) is 30.9 Å². The van der Waals surface area contributed by atoms with Crippen molar-refractivity contribution in [2.75, 3.05) is 13.2 Å². The van der Waals surface area contributed by atoms with Gasteiger partial charge in [0.15, 0.2) is 0 Å². The smallest absolute Gasteiger partial charge is 0.354 e. The number of amides is 2. The predicted octanol–water partition coefficient (Wildman–Crippen LogP) is 0.446. The summed E-state index contributed by atoms with van der Waals surface area (Å²) in [4.78, 5) is 28.0. The third-order valence-corrected chi connectivity index (χ3v) is 3.08. The number of aliphatic hydroxyl groups is 1. The SMILES string of the molecule is O=C(O)c1ccc(CNC(=O)N(CCO)C2CC2)cn1. The van der Waals surface area contributed by atoms with E-state index in [4.69, 9.17) is 10.2 Å². The van der Waals surface area contributed by atoms with Crippen LogP contribution in [0.15, 0.2) is 18.3 Å². The summed E-state index contributed by atoms with van der Waals surface area (Å²) in [6.07, 6.45) is 3.38. The molecule has 7 heteroatoms. The van der Waals surface area contributed by atoms with Gasteiger partial charge in [-0.15, -0.1) is 0 Å². The monoisotopic (exact) mass is 279 g/mol. The number of carboxylic acids is 1. The Hall–Kier alpha value is -2.15. The lowest BCUT2D eigenvalue weighted by molar-refractivity contribution is 0.0690. The van der Waals surface area contributed by atoms with Gasteiger partial charge in [0, 0.05) is 25.3 Å². The molecule has 7 nitrogen and oxygen atoms in total. The maximum Gasteiger partial charge on any atom is 0.354 e. The van der Waals surface area contributed by atoms with Crippen LogP contribution < -0.4 is 5.32 Å². The first-order valence-corrected chi connectivity index (χ1v) is 6.45. The number of aromatic nitrogens is 1. The molecule has 0 spiro atoms. The maximum absolute atomic E-state index is 12.0. The molecule has 0 bridgehead atoms. The number of aliphatic hydroxyl groups excluding tert-OH is 1. The van der Waals surface area contributed by atoms with Crippen molar-refractivity contribution >= 4 is 12.0 Å². The lowest BCUT2D eigenvalue weighted by Crippen LogP contribution is -2.42. The molecule has 1 fully saturated rings. The third-order valence-electron chi connectivity index (χ3n) is 3.08. The summed E-state index contributed by atoms with van der Waals surface area (Å²) < 4.78 is 0. The Morgan fingerprint density at radius 3 is 2.65 bits per heavy atom. The van der Waals surface area contributed by atoms with Gasteiger partial charge in [-0.05, 0) is 24.5 Å². The molecule has 1 aromatic rings. The molecule has 108 valence electrons. The predicted molar refractivity (Wildman–Crippen MR) is 70.2 cm³/mol. The largest absolute Gasteiger partial charge is 0.477 e. The number of aromatic carboxylic acids is 1. The number of carboxylic acid groups (broad SMARTS) is 1. The highest BCUT2D eigenvalue weighted by atomic mass is 16.4. The van der Waals surface area contributed by atoms with E-state index >= 15 is 0 Å². The number of urea groups is 1. The number of carbonyl (C=O) groups is 2. The van der Waals surface area contributed by atoms with E-state index in [1.165, 1.54) is 12.3 Å². The Bertz CT molecular complexity index is 485. The van der Waals surface area contributed by atoms with Gasteiger partial charge in [0.25, 0.3) is 0 Å². The standard InChI is InChI=1S/C13H17N3O4/c17-6-5-16(10-2-3-10)13(20)15-8-9-1-4-11(12(18)19)14-7-9/h1,4,7,10,17H,2-3,5-6,8H2,(H,15,20)(H,18,19). The van der Waals surface area contributed by atoms with Crippen LogP contribution in [0.4, 0.5) is 4.79 Å². The number of carbonyl (C=O) groups excluding carboxylic acids is 1. The van der Waals surface area contributed by atoms with Crippen molar-refractivity contribution in [1.82, 2.24) is 15.2 Å². The summed E-state index contributed by atoms with van der Waals surface area (Å²) in [5.74, 6) is -1.08. The van der Waals surface area contributed by atoms with Gasteiger partial charge >= 0.3 is 12.0 Å². The van der Waals surface area contributed by atoms with E-state index < -0.39 is 5.97 Å². The average molecular weight is 279 g/mol. The molecular weight excluding hydrogens is 262 g/mol. The van der Waals surface area contributed by atoms with E-state index in [1.54, 1.807) is 11.0 Å². The van der Waals surface area contributed by atoms with Gasteiger partial charge in [-0.3, -0.25) is 0 Å². The first kappa shape index (κ1) is 14.3. The van der Waals surface area contributed by atoms with E-state index in [0.29, 0.717) is 6.54 Å². The number of hydrogen-bond acceptors (Lipinski definition) is 4. The fourth-order valence-corrected chi connectivity index (χ4v) is 1.88. The Balaban J connectivity index is 1.87. The van der Waals surface area contributed by atoms with Gasteiger partial charge in [-0.1, -0.05) is 6.07 Å². The topological polar surface area (TPSA) is 103 Å². The van der Waals surface area contributed by atoms with Crippen LogP contribution in [-0.4, -0.2) is 51.3 Å². The number of nitrogens with one attached hydrogen (secondary N) is 1. The minimum Gasteiger partial charge on any atom is -0.477 e. The highest BCUT2D eigenvalue weighted by molar-refractivity contribution is 5.85. The molecule has 1 aliphatic carbocycles. The fraction of sp³-hybridized carbons (Fsp3) is 0.462. The van der Waals surface area contributed by atoms with Crippen molar-refractivity contribution in [2.45, 2.75) is 25.4 Å². The van der Waals surface area contributed by atoms with Crippen molar-refractivity contribution in [3.63, 3.8) is 0 Å². The highest BCUT2D eigenvalue weighted by Crippen LogP contribution is 2.26. The summed E-state index contributed by atoms with van der Waals surface area (Å²) in [6.45, 7) is 0.547. The molecule has 0 unspecified atom stereocenters. The first-order valence-electron chi connectivity index (χ1n) is 6.45. The van der Waals surface area contributed by atoms with Crippen LogP contribution in [0.25, 0.3) is 0 Å². The van der Waals surface area contributed by atoms with Crippen molar-refractivity contribution in [3.05, 3.63) is 29.6 Å². The van der Waals surface area contributed by atoms with Crippen LogP contribution in [0, 0.1) is 0 Å².